The van der Waals surface area contributed by atoms with E-state index >= 15 is 0 Å². The van der Waals surface area contributed by atoms with Crippen molar-refractivity contribution in [3.05, 3.63) is 30.0 Å². The first-order valence-electron chi connectivity index (χ1n) is 9.08. The van der Waals surface area contributed by atoms with Gasteiger partial charge in [0.05, 0.1) is 0 Å². The summed E-state index contributed by atoms with van der Waals surface area (Å²) in [5, 5.41) is 0. The van der Waals surface area contributed by atoms with E-state index in [1.54, 1.807) is 6.33 Å². The molecule has 2 aliphatic rings. The standard InChI is InChI=1S/C18H25N7/c1-14-11-18(22-15(2)21-14)25-9-7-24(8-10-25)17-12-16(19-13-20-17)23-5-3-4-6-23/h11-13H,3-10H2,1-2H3. The number of hydrogen-bond acceptors (Lipinski definition) is 7. The van der Waals surface area contributed by atoms with Gasteiger partial charge in [-0.05, 0) is 26.7 Å². The van der Waals surface area contributed by atoms with Crippen LogP contribution in [0.3, 0.4) is 0 Å². The van der Waals surface area contributed by atoms with Crippen LogP contribution in [-0.2, 0) is 0 Å². The third-order valence-electron chi connectivity index (χ3n) is 4.95. The van der Waals surface area contributed by atoms with E-state index < -0.39 is 0 Å². The van der Waals surface area contributed by atoms with Crippen molar-refractivity contribution in [3.8, 4) is 0 Å². The highest BCUT2D eigenvalue weighted by Gasteiger charge is 2.21. The molecular weight excluding hydrogens is 314 g/mol. The van der Waals surface area contributed by atoms with Gasteiger partial charge in [-0.15, -0.1) is 0 Å². The van der Waals surface area contributed by atoms with Gasteiger partial charge < -0.3 is 14.7 Å². The van der Waals surface area contributed by atoms with Crippen LogP contribution in [0.4, 0.5) is 17.5 Å². The van der Waals surface area contributed by atoms with E-state index in [1.807, 2.05) is 13.8 Å². The number of piperazine rings is 1. The minimum atomic E-state index is 0.837. The van der Waals surface area contributed by atoms with Crippen molar-refractivity contribution in [2.75, 3.05) is 54.0 Å². The molecule has 4 heterocycles. The second-order valence-electron chi connectivity index (χ2n) is 6.82. The summed E-state index contributed by atoms with van der Waals surface area (Å²) in [7, 11) is 0. The highest BCUT2D eigenvalue weighted by atomic mass is 15.3. The van der Waals surface area contributed by atoms with Crippen LogP contribution < -0.4 is 14.7 Å². The Hall–Kier alpha value is -2.44. The molecule has 0 atom stereocenters. The van der Waals surface area contributed by atoms with Crippen molar-refractivity contribution < 1.29 is 0 Å². The molecule has 2 aromatic heterocycles. The van der Waals surface area contributed by atoms with Gasteiger partial charge in [0.2, 0.25) is 0 Å². The van der Waals surface area contributed by atoms with Gasteiger partial charge in [0.15, 0.2) is 0 Å². The Labute approximate surface area is 148 Å². The van der Waals surface area contributed by atoms with Gasteiger partial charge in [0.1, 0.15) is 29.6 Å². The van der Waals surface area contributed by atoms with Crippen molar-refractivity contribution in [1.29, 1.82) is 0 Å². The summed E-state index contributed by atoms with van der Waals surface area (Å²) in [6.45, 7) is 9.96. The topological polar surface area (TPSA) is 61.3 Å². The third kappa shape index (κ3) is 3.50. The van der Waals surface area contributed by atoms with Crippen LogP contribution in [0.2, 0.25) is 0 Å². The predicted molar refractivity (Wildman–Crippen MR) is 99.4 cm³/mol. The van der Waals surface area contributed by atoms with E-state index in [1.165, 1.54) is 12.8 Å². The van der Waals surface area contributed by atoms with Crippen molar-refractivity contribution >= 4 is 17.5 Å². The lowest BCUT2D eigenvalue weighted by atomic mass is 10.3. The Morgan fingerprint density at radius 2 is 1.24 bits per heavy atom. The Bertz CT molecular complexity index is 714. The zero-order valence-corrected chi connectivity index (χ0v) is 15.0. The summed E-state index contributed by atoms with van der Waals surface area (Å²) in [5.74, 6) is 3.96. The molecule has 0 aromatic carbocycles. The Morgan fingerprint density at radius 1 is 0.680 bits per heavy atom. The number of nitrogens with zero attached hydrogens (tertiary/aromatic N) is 7. The molecule has 0 radical (unpaired) electrons. The molecule has 0 saturated carbocycles. The lowest BCUT2D eigenvalue weighted by Gasteiger charge is -2.36. The van der Waals surface area contributed by atoms with Crippen LogP contribution in [0.25, 0.3) is 0 Å². The first kappa shape index (κ1) is 16.1. The van der Waals surface area contributed by atoms with Crippen molar-refractivity contribution in [1.82, 2.24) is 19.9 Å². The van der Waals surface area contributed by atoms with Crippen molar-refractivity contribution in [2.24, 2.45) is 0 Å². The molecule has 132 valence electrons. The number of anilines is 3. The molecule has 2 fully saturated rings. The van der Waals surface area contributed by atoms with Crippen LogP contribution in [0.5, 0.6) is 0 Å². The van der Waals surface area contributed by atoms with Crippen LogP contribution in [0, 0.1) is 13.8 Å². The van der Waals surface area contributed by atoms with Gasteiger partial charge in [0, 0.05) is 57.1 Å². The predicted octanol–water partition coefficient (Wildman–Crippen LogP) is 1.81. The van der Waals surface area contributed by atoms with Gasteiger partial charge in [-0.1, -0.05) is 0 Å². The largest absolute Gasteiger partial charge is 0.356 e. The fourth-order valence-electron chi connectivity index (χ4n) is 3.65. The van der Waals surface area contributed by atoms with Crippen LogP contribution in [-0.4, -0.2) is 59.2 Å². The third-order valence-corrected chi connectivity index (χ3v) is 4.95. The molecule has 0 spiro atoms. The summed E-state index contributed by atoms with van der Waals surface area (Å²) in [6, 6.07) is 4.21. The summed E-state index contributed by atoms with van der Waals surface area (Å²) in [5.41, 5.74) is 1.02. The monoisotopic (exact) mass is 339 g/mol. The smallest absolute Gasteiger partial charge is 0.134 e. The molecule has 25 heavy (non-hydrogen) atoms. The molecule has 0 unspecified atom stereocenters. The molecule has 7 heteroatoms. The van der Waals surface area contributed by atoms with Crippen LogP contribution in [0.15, 0.2) is 18.5 Å². The maximum absolute atomic E-state index is 4.59. The quantitative estimate of drug-likeness (QED) is 0.845. The molecule has 0 N–H and O–H groups in total. The van der Waals surface area contributed by atoms with Gasteiger partial charge in [-0.25, -0.2) is 19.9 Å². The lowest BCUT2D eigenvalue weighted by Crippen LogP contribution is -2.47. The normalized spacial score (nSPS) is 18.1. The molecule has 7 nitrogen and oxygen atoms in total. The average molecular weight is 339 g/mol. The van der Waals surface area contributed by atoms with E-state index in [-0.39, 0.29) is 0 Å². The maximum Gasteiger partial charge on any atom is 0.134 e. The Kier molecular flexibility index (Phi) is 4.38. The summed E-state index contributed by atoms with van der Waals surface area (Å²) >= 11 is 0. The summed E-state index contributed by atoms with van der Waals surface area (Å²) < 4.78 is 0. The van der Waals surface area contributed by atoms with Gasteiger partial charge in [0.25, 0.3) is 0 Å². The molecule has 0 bridgehead atoms. The second kappa shape index (κ2) is 6.82. The Balaban J connectivity index is 1.44. The summed E-state index contributed by atoms with van der Waals surface area (Å²) in [4.78, 5) is 25.0. The minimum absolute atomic E-state index is 0.837. The van der Waals surface area contributed by atoms with Crippen molar-refractivity contribution in [2.45, 2.75) is 26.7 Å². The minimum Gasteiger partial charge on any atom is -0.356 e. The zero-order valence-electron chi connectivity index (χ0n) is 15.0. The van der Waals surface area contributed by atoms with E-state index in [0.29, 0.717) is 0 Å². The van der Waals surface area contributed by atoms with Gasteiger partial charge in [-0.2, -0.15) is 0 Å². The first-order chi connectivity index (χ1) is 12.2. The maximum atomic E-state index is 4.59. The molecule has 2 aromatic rings. The SMILES string of the molecule is Cc1cc(N2CCN(c3cc(N4CCCC4)ncn3)CC2)nc(C)n1. The second-order valence-corrected chi connectivity index (χ2v) is 6.82. The molecular formula is C18H25N7. The highest BCUT2D eigenvalue weighted by Crippen LogP contribution is 2.23. The van der Waals surface area contributed by atoms with Gasteiger partial charge in [-0.3, -0.25) is 0 Å². The van der Waals surface area contributed by atoms with E-state index in [2.05, 4.69) is 46.8 Å². The first-order valence-corrected chi connectivity index (χ1v) is 9.08. The molecule has 4 rings (SSSR count). The lowest BCUT2D eigenvalue weighted by molar-refractivity contribution is 0.638. The van der Waals surface area contributed by atoms with E-state index in [0.717, 1.165) is 68.2 Å². The van der Waals surface area contributed by atoms with E-state index in [4.69, 9.17) is 0 Å². The van der Waals surface area contributed by atoms with Crippen LogP contribution >= 0.6 is 0 Å². The molecule has 0 aliphatic carbocycles. The summed E-state index contributed by atoms with van der Waals surface area (Å²) in [6.07, 6.45) is 4.22. The van der Waals surface area contributed by atoms with Crippen LogP contribution in [0.1, 0.15) is 24.4 Å². The fraction of sp³-hybridized carbons (Fsp3) is 0.556. The average Bonchev–Trinajstić information content (AvgIpc) is 3.16. The van der Waals surface area contributed by atoms with Crippen molar-refractivity contribution in [3.63, 3.8) is 0 Å². The zero-order chi connectivity index (χ0) is 17.2. The highest BCUT2D eigenvalue weighted by molar-refractivity contribution is 5.52. The van der Waals surface area contributed by atoms with E-state index in [9.17, 15) is 0 Å². The number of hydrogen-bond donors (Lipinski definition) is 0. The Morgan fingerprint density at radius 3 is 1.84 bits per heavy atom. The fourth-order valence-corrected chi connectivity index (χ4v) is 3.65. The molecule has 2 aliphatic heterocycles. The molecule has 2 saturated heterocycles. The number of rotatable bonds is 3. The number of aromatic nitrogens is 4. The molecule has 0 amide bonds. The van der Waals surface area contributed by atoms with Gasteiger partial charge >= 0.3 is 0 Å². The number of aryl methyl sites for hydroxylation is 2.